The molecule has 5 heteroatoms. The van der Waals surface area contributed by atoms with Crippen LogP contribution < -0.4 is 5.32 Å². The van der Waals surface area contributed by atoms with Crippen LogP contribution in [0.1, 0.15) is 27.8 Å². The van der Waals surface area contributed by atoms with Crippen LogP contribution in [0.25, 0.3) is 0 Å². The fourth-order valence-electron chi connectivity index (χ4n) is 2.84. The summed E-state index contributed by atoms with van der Waals surface area (Å²) in [5.74, 6) is 0.706. The second-order valence-corrected chi connectivity index (χ2v) is 6.03. The summed E-state index contributed by atoms with van der Waals surface area (Å²) in [6, 6.07) is 7.32. The van der Waals surface area contributed by atoms with Gasteiger partial charge >= 0.3 is 0 Å². The van der Waals surface area contributed by atoms with E-state index in [0.29, 0.717) is 11.8 Å². The first-order valence-electron chi connectivity index (χ1n) is 6.43. The molecule has 2 atom stereocenters. The minimum atomic E-state index is -0.0569. The summed E-state index contributed by atoms with van der Waals surface area (Å²) in [6.07, 6.45) is 0. The highest BCUT2D eigenvalue weighted by Crippen LogP contribution is 2.41. The van der Waals surface area contributed by atoms with E-state index in [1.165, 1.54) is 10.4 Å². The average molecular weight is 356 g/mol. The molecule has 2 heterocycles. The molecule has 3 nitrogen and oxygen atoms in total. The van der Waals surface area contributed by atoms with E-state index in [2.05, 4.69) is 23.7 Å². The van der Waals surface area contributed by atoms with Crippen LogP contribution in [0, 0.1) is 6.92 Å². The number of hydrogen-bond acceptors (Lipinski definition) is 4. The van der Waals surface area contributed by atoms with Crippen molar-refractivity contribution in [1.82, 2.24) is 5.32 Å². The molecule has 1 fully saturated rings. The molecule has 0 radical (unpaired) electrons. The minimum Gasteiger partial charge on any atom is -0.504 e. The molecule has 0 saturated carbocycles. The number of rotatable bonds is 2. The summed E-state index contributed by atoms with van der Waals surface area (Å²) < 4.78 is 0. The minimum absolute atomic E-state index is 0. The summed E-state index contributed by atoms with van der Waals surface area (Å²) in [5, 5.41) is 24.6. The first kappa shape index (κ1) is 15.4. The van der Waals surface area contributed by atoms with Crippen LogP contribution in [0.5, 0.6) is 11.5 Å². The maximum absolute atomic E-state index is 9.66. The Hall–Kier alpha value is -1.04. The fraction of sp³-hybridized carbons (Fsp3) is 0.333. The zero-order chi connectivity index (χ0) is 13.4. The van der Waals surface area contributed by atoms with Gasteiger partial charge < -0.3 is 15.5 Å². The quantitative estimate of drug-likeness (QED) is 0.722. The predicted octanol–water partition coefficient (Wildman–Crippen LogP) is 3.52. The maximum atomic E-state index is 9.66. The van der Waals surface area contributed by atoms with Crippen LogP contribution in [-0.4, -0.2) is 23.3 Å². The second-order valence-electron chi connectivity index (χ2n) is 5.09. The third-order valence-electron chi connectivity index (χ3n) is 3.88. The topological polar surface area (TPSA) is 52.5 Å². The summed E-state index contributed by atoms with van der Waals surface area (Å²) in [4.78, 5) is 1.42. The van der Waals surface area contributed by atoms with Crippen LogP contribution >= 0.6 is 28.3 Å². The van der Waals surface area contributed by atoms with Crippen LogP contribution in [0.4, 0.5) is 0 Å². The van der Waals surface area contributed by atoms with Gasteiger partial charge in [-0.05, 0) is 41.6 Å². The lowest BCUT2D eigenvalue weighted by atomic mass is 9.86. The molecule has 0 unspecified atom stereocenters. The number of thiophene rings is 1. The molecule has 0 spiro atoms. The van der Waals surface area contributed by atoms with Gasteiger partial charge in [-0.2, -0.15) is 0 Å². The Bertz CT molecular complexity index is 599. The van der Waals surface area contributed by atoms with Gasteiger partial charge in [0.25, 0.3) is 0 Å². The van der Waals surface area contributed by atoms with Crippen molar-refractivity contribution in [2.24, 2.45) is 0 Å². The molecule has 3 N–H and O–H groups in total. The molecule has 1 aliphatic heterocycles. The number of halogens is 1. The zero-order valence-corrected chi connectivity index (χ0v) is 13.7. The van der Waals surface area contributed by atoms with E-state index in [1.807, 2.05) is 6.07 Å². The molecular weight excluding hydrogens is 338 g/mol. The summed E-state index contributed by atoms with van der Waals surface area (Å²) in [7, 11) is 0. The van der Waals surface area contributed by atoms with Crippen LogP contribution in [0.15, 0.2) is 29.6 Å². The lowest BCUT2D eigenvalue weighted by molar-refractivity contribution is 0.402. The van der Waals surface area contributed by atoms with Gasteiger partial charge in [0.1, 0.15) is 0 Å². The molecule has 1 aromatic heterocycles. The first-order valence-corrected chi connectivity index (χ1v) is 7.31. The number of nitrogens with one attached hydrogen (secondary N) is 1. The van der Waals surface area contributed by atoms with Crippen molar-refractivity contribution in [2.75, 3.05) is 13.1 Å². The van der Waals surface area contributed by atoms with Crippen molar-refractivity contribution in [2.45, 2.75) is 18.8 Å². The van der Waals surface area contributed by atoms with Gasteiger partial charge in [-0.3, -0.25) is 0 Å². The highest BCUT2D eigenvalue weighted by atomic mass is 79.9. The average Bonchev–Trinajstić information content (AvgIpc) is 3.00. The maximum Gasteiger partial charge on any atom is 0.157 e. The largest absolute Gasteiger partial charge is 0.504 e. The molecule has 108 valence electrons. The van der Waals surface area contributed by atoms with E-state index in [-0.39, 0.29) is 28.5 Å². The summed E-state index contributed by atoms with van der Waals surface area (Å²) in [5.41, 5.74) is 2.42. The Labute approximate surface area is 133 Å². The van der Waals surface area contributed by atoms with E-state index < -0.39 is 0 Å². The normalized spacial score (nSPS) is 21.6. The molecule has 1 aliphatic rings. The summed E-state index contributed by atoms with van der Waals surface area (Å²) >= 11 is 1.80. The predicted molar refractivity (Wildman–Crippen MR) is 87.5 cm³/mol. The Balaban J connectivity index is 0.00000147. The highest BCUT2D eigenvalue weighted by Gasteiger charge is 2.31. The lowest BCUT2D eigenvalue weighted by Crippen LogP contribution is -2.08. The van der Waals surface area contributed by atoms with Crippen molar-refractivity contribution in [3.05, 3.63) is 45.6 Å². The number of aryl methyl sites for hydroxylation is 1. The number of benzene rings is 1. The monoisotopic (exact) mass is 355 g/mol. The first-order chi connectivity index (χ1) is 9.16. The third-order valence-corrected chi connectivity index (χ3v) is 5.03. The van der Waals surface area contributed by atoms with Gasteiger partial charge in [-0.25, -0.2) is 0 Å². The van der Waals surface area contributed by atoms with Crippen molar-refractivity contribution in [1.29, 1.82) is 0 Å². The fourth-order valence-corrected chi connectivity index (χ4v) is 3.93. The van der Waals surface area contributed by atoms with E-state index in [1.54, 1.807) is 23.5 Å². The Morgan fingerprint density at radius 1 is 1.10 bits per heavy atom. The van der Waals surface area contributed by atoms with Gasteiger partial charge in [0.15, 0.2) is 11.5 Å². The van der Waals surface area contributed by atoms with E-state index in [4.69, 9.17) is 0 Å². The SMILES string of the molecule is Br.Cc1ccsc1[C@@H]1CNC[C@@H]1c1ccc(O)c(O)c1. The lowest BCUT2D eigenvalue weighted by Gasteiger charge is -2.19. The molecule has 0 aliphatic carbocycles. The van der Waals surface area contributed by atoms with Gasteiger partial charge in [0.05, 0.1) is 0 Å². The third kappa shape index (κ3) is 2.71. The van der Waals surface area contributed by atoms with Gasteiger partial charge in [-0.1, -0.05) is 6.07 Å². The number of aromatic hydroxyl groups is 2. The summed E-state index contributed by atoms with van der Waals surface area (Å²) in [6.45, 7) is 4.02. The molecule has 20 heavy (non-hydrogen) atoms. The highest BCUT2D eigenvalue weighted by molar-refractivity contribution is 8.93. The molecule has 0 bridgehead atoms. The molecule has 1 aromatic carbocycles. The molecule has 0 amide bonds. The van der Waals surface area contributed by atoms with Crippen LogP contribution in [0.2, 0.25) is 0 Å². The van der Waals surface area contributed by atoms with Crippen LogP contribution in [0.3, 0.4) is 0 Å². The van der Waals surface area contributed by atoms with Gasteiger partial charge in [0.2, 0.25) is 0 Å². The standard InChI is InChI=1S/C15H17NO2S.BrH/c1-9-4-5-19-15(9)12-8-16-7-11(12)10-2-3-13(17)14(18)6-10;/h2-6,11-12,16-18H,7-8H2,1H3;1H/t11-,12-;/m1./s1. The number of phenolic OH excluding ortho intramolecular Hbond substituents is 2. The smallest absolute Gasteiger partial charge is 0.157 e. The number of phenols is 2. The van der Waals surface area contributed by atoms with Crippen molar-refractivity contribution < 1.29 is 10.2 Å². The molecular formula is C15H18BrNO2S. The second kappa shape index (κ2) is 6.16. The van der Waals surface area contributed by atoms with Crippen LogP contribution in [-0.2, 0) is 0 Å². The zero-order valence-electron chi connectivity index (χ0n) is 11.2. The van der Waals surface area contributed by atoms with E-state index in [0.717, 1.165) is 18.7 Å². The van der Waals surface area contributed by atoms with Crippen molar-refractivity contribution in [3.63, 3.8) is 0 Å². The Kier molecular flexibility index (Phi) is 4.73. The van der Waals surface area contributed by atoms with E-state index >= 15 is 0 Å². The van der Waals surface area contributed by atoms with Gasteiger partial charge in [-0.15, -0.1) is 28.3 Å². The Morgan fingerprint density at radius 2 is 1.85 bits per heavy atom. The molecule has 2 aromatic rings. The molecule has 1 saturated heterocycles. The molecule has 3 rings (SSSR count). The van der Waals surface area contributed by atoms with Crippen molar-refractivity contribution in [3.8, 4) is 11.5 Å². The number of hydrogen-bond donors (Lipinski definition) is 3. The van der Waals surface area contributed by atoms with Gasteiger partial charge in [0, 0.05) is 29.8 Å². The Morgan fingerprint density at radius 3 is 2.50 bits per heavy atom. The van der Waals surface area contributed by atoms with E-state index in [9.17, 15) is 10.2 Å². The van der Waals surface area contributed by atoms with Crippen molar-refractivity contribution >= 4 is 28.3 Å².